The van der Waals surface area contributed by atoms with Crippen molar-refractivity contribution < 1.29 is 4.74 Å². The molecule has 2 rings (SSSR count). The third-order valence-electron chi connectivity index (χ3n) is 3.34. The van der Waals surface area contributed by atoms with Crippen molar-refractivity contribution in [3.8, 4) is 5.75 Å². The number of hydrogen-bond acceptors (Lipinski definition) is 3. The summed E-state index contributed by atoms with van der Waals surface area (Å²) in [6.07, 6.45) is 8.67. The lowest BCUT2D eigenvalue weighted by molar-refractivity contribution is 0.328. The average Bonchev–Trinajstić information content (AvgIpc) is 2.32. The summed E-state index contributed by atoms with van der Waals surface area (Å²) in [6.45, 7) is 4.97. The summed E-state index contributed by atoms with van der Waals surface area (Å²) in [6, 6.07) is 0. The van der Waals surface area contributed by atoms with Gasteiger partial charge in [-0.25, -0.2) is 9.97 Å². The summed E-state index contributed by atoms with van der Waals surface area (Å²) >= 11 is 0. The molecule has 1 fully saturated rings. The van der Waals surface area contributed by atoms with Gasteiger partial charge in [0.1, 0.15) is 5.82 Å². The van der Waals surface area contributed by atoms with Crippen LogP contribution in [0.1, 0.15) is 51.3 Å². The fourth-order valence-corrected chi connectivity index (χ4v) is 2.30. The molecule has 1 aromatic rings. The summed E-state index contributed by atoms with van der Waals surface area (Å²) < 4.78 is 5.34. The maximum atomic E-state index is 5.34. The van der Waals surface area contributed by atoms with E-state index in [1.54, 1.807) is 12.4 Å². The average molecular weight is 220 g/mol. The third kappa shape index (κ3) is 2.71. The molecule has 0 N–H and O–H groups in total. The molecule has 3 heteroatoms. The maximum Gasteiger partial charge on any atom is 0.155 e. The van der Waals surface area contributed by atoms with Crippen LogP contribution >= 0.6 is 0 Å². The van der Waals surface area contributed by atoms with E-state index in [-0.39, 0.29) is 0 Å². The SMILES string of the molecule is CCOc1cnc(C2CCC(C)CC2)nc1. The quantitative estimate of drug-likeness (QED) is 0.784. The second-order valence-electron chi connectivity index (χ2n) is 4.67. The van der Waals surface area contributed by atoms with Crippen LogP contribution < -0.4 is 4.74 Å². The minimum atomic E-state index is 0.562. The van der Waals surface area contributed by atoms with Gasteiger partial charge < -0.3 is 4.74 Å². The van der Waals surface area contributed by atoms with Gasteiger partial charge in [0.05, 0.1) is 19.0 Å². The van der Waals surface area contributed by atoms with Crippen LogP contribution in [0.15, 0.2) is 12.4 Å². The molecular weight excluding hydrogens is 200 g/mol. The Morgan fingerprint density at radius 3 is 2.38 bits per heavy atom. The molecule has 0 atom stereocenters. The maximum absolute atomic E-state index is 5.34. The van der Waals surface area contributed by atoms with E-state index >= 15 is 0 Å². The molecule has 0 aromatic carbocycles. The monoisotopic (exact) mass is 220 g/mol. The Balaban J connectivity index is 1.98. The Kier molecular flexibility index (Phi) is 3.75. The fourth-order valence-electron chi connectivity index (χ4n) is 2.30. The van der Waals surface area contributed by atoms with Gasteiger partial charge in [0.2, 0.25) is 0 Å². The predicted octanol–water partition coefficient (Wildman–Crippen LogP) is 3.17. The van der Waals surface area contributed by atoms with Gasteiger partial charge in [-0.05, 0) is 25.7 Å². The molecule has 0 bridgehead atoms. The standard InChI is InChI=1S/C13H20N2O/c1-3-16-12-8-14-13(15-9-12)11-6-4-10(2)5-7-11/h8-11H,3-7H2,1-2H3. The summed E-state index contributed by atoms with van der Waals surface area (Å²) in [5.74, 6) is 3.21. The van der Waals surface area contributed by atoms with Gasteiger partial charge in [-0.15, -0.1) is 0 Å². The van der Waals surface area contributed by atoms with E-state index in [0.29, 0.717) is 12.5 Å². The normalized spacial score (nSPS) is 25.4. The van der Waals surface area contributed by atoms with Crippen molar-refractivity contribution in [2.45, 2.75) is 45.4 Å². The Hall–Kier alpha value is -1.12. The molecule has 1 aromatic heterocycles. The highest BCUT2D eigenvalue weighted by Gasteiger charge is 2.21. The highest BCUT2D eigenvalue weighted by molar-refractivity contribution is 5.13. The molecule has 3 nitrogen and oxygen atoms in total. The molecule has 1 heterocycles. The fraction of sp³-hybridized carbons (Fsp3) is 0.692. The third-order valence-corrected chi connectivity index (χ3v) is 3.34. The van der Waals surface area contributed by atoms with Crippen LogP contribution in [0.25, 0.3) is 0 Å². The zero-order chi connectivity index (χ0) is 11.4. The van der Waals surface area contributed by atoms with Crippen LogP contribution in [-0.2, 0) is 0 Å². The van der Waals surface area contributed by atoms with Crippen molar-refractivity contribution in [1.82, 2.24) is 9.97 Å². The Bertz CT molecular complexity index is 315. The molecule has 0 aliphatic heterocycles. The first-order valence-corrected chi connectivity index (χ1v) is 6.24. The lowest BCUT2D eigenvalue weighted by Gasteiger charge is -2.24. The van der Waals surface area contributed by atoms with Crippen molar-refractivity contribution in [2.75, 3.05) is 6.61 Å². The first kappa shape index (κ1) is 11.4. The van der Waals surface area contributed by atoms with Crippen molar-refractivity contribution in [3.63, 3.8) is 0 Å². The number of ether oxygens (including phenoxy) is 1. The smallest absolute Gasteiger partial charge is 0.155 e. The Morgan fingerprint density at radius 2 is 1.81 bits per heavy atom. The topological polar surface area (TPSA) is 35.0 Å². The van der Waals surface area contributed by atoms with Crippen molar-refractivity contribution in [3.05, 3.63) is 18.2 Å². The van der Waals surface area contributed by atoms with Gasteiger partial charge in [0, 0.05) is 5.92 Å². The van der Waals surface area contributed by atoms with Gasteiger partial charge >= 0.3 is 0 Å². The van der Waals surface area contributed by atoms with E-state index in [0.717, 1.165) is 17.5 Å². The first-order valence-electron chi connectivity index (χ1n) is 6.24. The van der Waals surface area contributed by atoms with E-state index in [9.17, 15) is 0 Å². The number of rotatable bonds is 3. The molecule has 0 saturated heterocycles. The van der Waals surface area contributed by atoms with Crippen molar-refractivity contribution in [2.24, 2.45) is 5.92 Å². The summed E-state index contributed by atoms with van der Waals surface area (Å²) in [5, 5.41) is 0. The molecule has 16 heavy (non-hydrogen) atoms. The number of nitrogens with zero attached hydrogens (tertiary/aromatic N) is 2. The molecule has 1 aliphatic rings. The minimum Gasteiger partial charge on any atom is -0.491 e. The van der Waals surface area contributed by atoms with Gasteiger partial charge in [0.25, 0.3) is 0 Å². The number of hydrogen-bond donors (Lipinski definition) is 0. The van der Waals surface area contributed by atoms with Gasteiger partial charge in [-0.3, -0.25) is 0 Å². The van der Waals surface area contributed by atoms with Gasteiger partial charge in [-0.2, -0.15) is 0 Å². The Morgan fingerprint density at radius 1 is 1.19 bits per heavy atom. The van der Waals surface area contributed by atoms with Gasteiger partial charge in [0.15, 0.2) is 5.75 Å². The van der Waals surface area contributed by atoms with E-state index in [1.807, 2.05) is 6.92 Å². The van der Waals surface area contributed by atoms with Crippen LogP contribution in [-0.4, -0.2) is 16.6 Å². The van der Waals surface area contributed by atoms with Crippen LogP contribution in [0, 0.1) is 5.92 Å². The van der Waals surface area contributed by atoms with E-state index in [1.165, 1.54) is 25.7 Å². The van der Waals surface area contributed by atoms with Crippen LogP contribution in [0.5, 0.6) is 5.75 Å². The molecule has 1 aliphatic carbocycles. The second kappa shape index (κ2) is 5.28. The molecule has 0 radical (unpaired) electrons. The lowest BCUT2D eigenvalue weighted by atomic mass is 9.82. The van der Waals surface area contributed by atoms with Gasteiger partial charge in [-0.1, -0.05) is 19.8 Å². The molecule has 88 valence electrons. The molecule has 0 spiro atoms. The molecule has 1 saturated carbocycles. The zero-order valence-corrected chi connectivity index (χ0v) is 10.1. The highest BCUT2D eigenvalue weighted by Crippen LogP contribution is 2.33. The van der Waals surface area contributed by atoms with E-state index in [4.69, 9.17) is 4.74 Å². The van der Waals surface area contributed by atoms with Crippen molar-refractivity contribution >= 4 is 0 Å². The largest absolute Gasteiger partial charge is 0.491 e. The summed E-state index contributed by atoms with van der Waals surface area (Å²) in [7, 11) is 0. The molecule has 0 amide bonds. The molecular formula is C13H20N2O. The van der Waals surface area contributed by atoms with Crippen LogP contribution in [0.4, 0.5) is 0 Å². The second-order valence-corrected chi connectivity index (χ2v) is 4.67. The predicted molar refractivity (Wildman–Crippen MR) is 63.6 cm³/mol. The summed E-state index contributed by atoms with van der Waals surface area (Å²) in [5.41, 5.74) is 0. The lowest BCUT2D eigenvalue weighted by Crippen LogP contribution is -2.13. The minimum absolute atomic E-state index is 0.562. The Labute approximate surface area is 97.3 Å². The summed E-state index contributed by atoms with van der Waals surface area (Å²) in [4.78, 5) is 8.82. The van der Waals surface area contributed by atoms with Crippen molar-refractivity contribution in [1.29, 1.82) is 0 Å². The number of aromatic nitrogens is 2. The van der Waals surface area contributed by atoms with Crippen LogP contribution in [0.3, 0.4) is 0 Å². The highest BCUT2D eigenvalue weighted by atomic mass is 16.5. The van der Waals surface area contributed by atoms with Crippen LogP contribution in [0.2, 0.25) is 0 Å². The molecule has 0 unspecified atom stereocenters. The van der Waals surface area contributed by atoms with E-state index in [2.05, 4.69) is 16.9 Å². The first-order chi connectivity index (χ1) is 7.79. The zero-order valence-electron chi connectivity index (χ0n) is 10.1. The van der Waals surface area contributed by atoms with E-state index < -0.39 is 0 Å².